The van der Waals surface area contributed by atoms with Gasteiger partial charge in [0.25, 0.3) is 0 Å². The molecule has 0 aliphatic heterocycles. The van der Waals surface area contributed by atoms with Crippen LogP contribution in [-0.2, 0) is 13.0 Å². The van der Waals surface area contributed by atoms with Gasteiger partial charge in [0.1, 0.15) is 0 Å². The molecule has 2 rings (SSSR count). The van der Waals surface area contributed by atoms with Gasteiger partial charge in [-0.05, 0) is 43.2 Å². The van der Waals surface area contributed by atoms with Crippen molar-refractivity contribution in [1.82, 2.24) is 0 Å². The lowest BCUT2D eigenvalue weighted by Gasteiger charge is -2.06. The molecule has 0 unspecified atom stereocenters. The van der Waals surface area contributed by atoms with E-state index in [2.05, 4.69) is 48.4 Å². The number of nitrogens with one attached hydrogen (secondary N) is 1. The minimum atomic E-state index is 0. The van der Waals surface area contributed by atoms with Gasteiger partial charge >= 0.3 is 0 Å². The molecule has 0 saturated carbocycles. The summed E-state index contributed by atoms with van der Waals surface area (Å²) in [7, 11) is 0. The fourth-order valence-electron chi connectivity index (χ4n) is 1.74. The van der Waals surface area contributed by atoms with Crippen molar-refractivity contribution in [1.29, 1.82) is 0 Å². The molecule has 2 aromatic rings. The molecule has 1 aromatic heterocycles. The smallest absolute Gasteiger partial charge is 0.193 e. The molecule has 5 heteroatoms. The summed E-state index contributed by atoms with van der Waals surface area (Å²) in [5, 5.41) is 3.10. The first-order valence-corrected chi connectivity index (χ1v) is 7.20. The molecule has 0 spiro atoms. The Hall–Kier alpha value is -1.08. The second kappa shape index (κ2) is 8.26. The van der Waals surface area contributed by atoms with E-state index >= 15 is 0 Å². The summed E-state index contributed by atoms with van der Waals surface area (Å²) >= 11 is 1.75. The van der Waals surface area contributed by atoms with E-state index in [1.165, 1.54) is 15.3 Å². The van der Waals surface area contributed by atoms with Gasteiger partial charge in [0.15, 0.2) is 5.96 Å². The van der Waals surface area contributed by atoms with Crippen LogP contribution in [0.5, 0.6) is 0 Å². The monoisotopic (exact) mass is 401 g/mol. The highest BCUT2D eigenvalue weighted by Gasteiger charge is 1.98. The summed E-state index contributed by atoms with van der Waals surface area (Å²) < 4.78 is 0. The first-order chi connectivity index (χ1) is 9.17. The molecule has 108 valence electrons. The van der Waals surface area contributed by atoms with Crippen LogP contribution in [0.4, 0.5) is 5.69 Å². The fourth-order valence-corrected chi connectivity index (χ4v) is 2.56. The van der Waals surface area contributed by atoms with Crippen LogP contribution in [0.1, 0.15) is 22.2 Å². The molecule has 3 N–H and O–H groups in total. The highest BCUT2D eigenvalue weighted by atomic mass is 127. The van der Waals surface area contributed by atoms with Crippen LogP contribution in [0.25, 0.3) is 0 Å². The minimum Gasteiger partial charge on any atom is -0.370 e. The largest absolute Gasteiger partial charge is 0.370 e. The number of aliphatic imine (C=N–C) groups is 1. The highest BCUT2D eigenvalue weighted by molar-refractivity contribution is 14.0. The fraction of sp³-hybridized carbons (Fsp3) is 0.267. The second-order valence-electron chi connectivity index (χ2n) is 4.39. The summed E-state index contributed by atoms with van der Waals surface area (Å²) in [5.41, 5.74) is 8.16. The molecule has 1 aromatic carbocycles. The summed E-state index contributed by atoms with van der Waals surface area (Å²) in [6, 6.07) is 12.4. The maximum absolute atomic E-state index is 5.87. The van der Waals surface area contributed by atoms with Gasteiger partial charge in [-0.3, -0.25) is 0 Å². The Bertz CT molecular complexity index is 561. The number of rotatable bonds is 4. The Morgan fingerprint density at radius 1 is 1.20 bits per heavy atom. The number of anilines is 1. The molecule has 0 amide bonds. The first kappa shape index (κ1) is 17.0. The third-order valence-electron chi connectivity index (χ3n) is 2.84. The number of halogens is 1. The zero-order valence-electron chi connectivity index (χ0n) is 11.7. The van der Waals surface area contributed by atoms with Gasteiger partial charge in [-0.1, -0.05) is 19.1 Å². The van der Waals surface area contributed by atoms with Crippen LogP contribution in [0.15, 0.2) is 41.4 Å². The van der Waals surface area contributed by atoms with Crippen LogP contribution in [0.3, 0.4) is 0 Å². The molecule has 0 aliphatic rings. The Labute approximate surface area is 141 Å². The van der Waals surface area contributed by atoms with E-state index in [0.29, 0.717) is 12.5 Å². The van der Waals surface area contributed by atoms with Crippen LogP contribution >= 0.6 is 35.3 Å². The van der Waals surface area contributed by atoms with E-state index < -0.39 is 0 Å². The number of hydrogen-bond acceptors (Lipinski definition) is 2. The average molecular weight is 401 g/mol. The van der Waals surface area contributed by atoms with E-state index in [1.54, 1.807) is 11.3 Å². The lowest BCUT2D eigenvalue weighted by molar-refractivity contribution is 1.09. The molecule has 20 heavy (non-hydrogen) atoms. The zero-order chi connectivity index (χ0) is 13.7. The van der Waals surface area contributed by atoms with Crippen molar-refractivity contribution in [3.8, 4) is 0 Å². The summed E-state index contributed by atoms with van der Waals surface area (Å²) in [6.45, 7) is 4.86. The lowest BCUT2D eigenvalue weighted by Crippen LogP contribution is -2.22. The average Bonchev–Trinajstić information content (AvgIpc) is 2.83. The van der Waals surface area contributed by atoms with Crippen LogP contribution < -0.4 is 11.1 Å². The van der Waals surface area contributed by atoms with E-state index in [1.807, 2.05) is 12.1 Å². The minimum absolute atomic E-state index is 0. The van der Waals surface area contributed by atoms with E-state index in [-0.39, 0.29) is 24.0 Å². The van der Waals surface area contributed by atoms with Gasteiger partial charge in [0.2, 0.25) is 0 Å². The summed E-state index contributed by atoms with van der Waals surface area (Å²) in [5.74, 6) is 0.454. The van der Waals surface area contributed by atoms with Crippen molar-refractivity contribution in [2.24, 2.45) is 10.7 Å². The molecule has 0 fully saturated rings. The molecule has 0 atom stereocenters. The standard InChI is InChI=1S/C15H19N3S.HI/c1-3-12-5-7-13(8-6-12)18-15(16)17-10-14-9-4-11(2)19-14;/h4-9H,3,10H2,1-2H3,(H3,16,17,18);1H. The number of guanidine groups is 1. The van der Waals surface area contributed by atoms with E-state index in [0.717, 1.165) is 12.1 Å². The maximum atomic E-state index is 5.87. The van der Waals surface area contributed by atoms with E-state index in [4.69, 9.17) is 5.73 Å². The van der Waals surface area contributed by atoms with Crippen molar-refractivity contribution in [2.45, 2.75) is 26.8 Å². The number of hydrogen-bond donors (Lipinski definition) is 2. The topological polar surface area (TPSA) is 50.4 Å². The Morgan fingerprint density at radius 2 is 1.90 bits per heavy atom. The van der Waals surface area contributed by atoms with Crippen LogP contribution in [0.2, 0.25) is 0 Å². The quantitative estimate of drug-likeness (QED) is 0.459. The van der Waals surface area contributed by atoms with Gasteiger partial charge in [-0.2, -0.15) is 0 Å². The predicted molar refractivity (Wildman–Crippen MR) is 99.2 cm³/mol. The zero-order valence-corrected chi connectivity index (χ0v) is 14.9. The van der Waals surface area contributed by atoms with Crippen LogP contribution in [0, 0.1) is 6.92 Å². The highest BCUT2D eigenvalue weighted by Crippen LogP contribution is 2.16. The van der Waals surface area contributed by atoms with Gasteiger partial charge in [0, 0.05) is 15.4 Å². The lowest BCUT2D eigenvalue weighted by atomic mass is 10.1. The molecule has 0 saturated heterocycles. The Balaban J connectivity index is 0.00000200. The number of aryl methyl sites for hydroxylation is 2. The third-order valence-corrected chi connectivity index (χ3v) is 3.82. The summed E-state index contributed by atoms with van der Waals surface area (Å²) in [4.78, 5) is 6.86. The SMILES string of the molecule is CCc1ccc(NC(N)=NCc2ccc(C)s2)cc1.I. The molecule has 0 bridgehead atoms. The number of benzene rings is 1. The van der Waals surface area contributed by atoms with E-state index in [9.17, 15) is 0 Å². The molecule has 0 radical (unpaired) electrons. The molecule has 0 aliphatic carbocycles. The molecule has 1 heterocycles. The summed E-state index contributed by atoms with van der Waals surface area (Å²) in [6.07, 6.45) is 1.04. The van der Waals surface area contributed by atoms with Crippen molar-refractivity contribution < 1.29 is 0 Å². The Morgan fingerprint density at radius 3 is 2.45 bits per heavy atom. The van der Waals surface area contributed by atoms with Gasteiger partial charge in [-0.25, -0.2) is 4.99 Å². The first-order valence-electron chi connectivity index (χ1n) is 6.38. The predicted octanol–water partition coefficient (Wildman–Crippen LogP) is 4.16. The number of nitrogens with two attached hydrogens (primary N) is 1. The molecular weight excluding hydrogens is 381 g/mol. The van der Waals surface area contributed by atoms with Crippen molar-refractivity contribution in [2.75, 3.05) is 5.32 Å². The normalized spacial score (nSPS) is 11.0. The van der Waals surface area contributed by atoms with Crippen molar-refractivity contribution >= 4 is 47.0 Å². The molecular formula is C15H20IN3S. The van der Waals surface area contributed by atoms with Gasteiger partial charge < -0.3 is 11.1 Å². The van der Waals surface area contributed by atoms with Crippen molar-refractivity contribution in [3.63, 3.8) is 0 Å². The van der Waals surface area contributed by atoms with Crippen LogP contribution in [-0.4, -0.2) is 5.96 Å². The maximum Gasteiger partial charge on any atom is 0.193 e. The Kier molecular flexibility index (Phi) is 7.01. The van der Waals surface area contributed by atoms with Gasteiger partial charge in [-0.15, -0.1) is 35.3 Å². The van der Waals surface area contributed by atoms with Gasteiger partial charge in [0.05, 0.1) is 6.54 Å². The second-order valence-corrected chi connectivity index (χ2v) is 5.76. The number of thiophene rings is 1. The van der Waals surface area contributed by atoms with Crippen molar-refractivity contribution in [3.05, 3.63) is 51.7 Å². The molecule has 3 nitrogen and oxygen atoms in total. The third kappa shape index (κ3) is 5.13. The number of nitrogens with zero attached hydrogens (tertiary/aromatic N) is 1.